The van der Waals surface area contributed by atoms with Gasteiger partial charge in [-0.05, 0) is 12.8 Å². The van der Waals surface area contributed by atoms with Crippen LogP contribution in [0.2, 0.25) is 0 Å². The summed E-state index contributed by atoms with van der Waals surface area (Å²) in [4.78, 5) is 11.4. The Kier molecular flexibility index (Phi) is 13.4. The molecule has 17 heavy (non-hydrogen) atoms. The van der Waals surface area contributed by atoms with E-state index in [1.807, 2.05) is 0 Å². The molecule has 2 nitrogen and oxygen atoms in total. The van der Waals surface area contributed by atoms with Gasteiger partial charge in [0.1, 0.15) is 6.61 Å². The number of unbranched alkanes of at least 4 members (excludes halogenated alkanes) is 7. The zero-order valence-electron chi connectivity index (χ0n) is 11.8. The number of carbonyl (C=O) groups excluding carboxylic acids is 1. The molecule has 0 saturated carbocycles. The van der Waals surface area contributed by atoms with E-state index in [1.165, 1.54) is 44.9 Å². The molecule has 0 aliphatic heterocycles. The smallest absolute Gasteiger partial charge is 0.158 e. The molecular weight excluding hydrogens is 212 g/mol. The topological polar surface area (TPSA) is 26.3 Å². The summed E-state index contributed by atoms with van der Waals surface area (Å²) in [7, 11) is 0. The lowest BCUT2D eigenvalue weighted by Gasteiger charge is -2.03. The Labute approximate surface area is 107 Å². The molecule has 2 heteroatoms. The summed E-state index contributed by atoms with van der Waals surface area (Å²) in [6, 6.07) is 0. The summed E-state index contributed by atoms with van der Waals surface area (Å²) < 4.78 is 5.22. The maximum Gasteiger partial charge on any atom is 0.158 e. The summed E-state index contributed by atoms with van der Waals surface area (Å²) in [5.41, 5.74) is 0. The summed E-state index contributed by atoms with van der Waals surface area (Å²) in [5, 5.41) is 0. The first-order valence-electron chi connectivity index (χ1n) is 7.40. The highest BCUT2D eigenvalue weighted by atomic mass is 16.5. The van der Waals surface area contributed by atoms with Crippen molar-refractivity contribution in [3.63, 3.8) is 0 Å². The lowest BCUT2D eigenvalue weighted by molar-refractivity contribution is -0.123. The quantitative estimate of drug-likeness (QED) is 0.444. The lowest BCUT2D eigenvalue weighted by atomic mass is 10.1. The minimum Gasteiger partial charge on any atom is -0.374 e. The zero-order chi connectivity index (χ0) is 12.8. The van der Waals surface area contributed by atoms with Crippen LogP contribution in [-0.2, 0) is 9.53 Å². The van der Waals surface area contributed by atoms with E-state index in [0.717, 1.165) is 12.8 Å². The van der Waals surface area contributed by atoms with Crippen LogP contribution in [0.15, 0.2) is 0 Å². The number of ketones is 1. The van der Waals surface area contributed by atoms with Crippen LogP contribution >= 0.6 is 0 Å². The van der Waals surface area contributed by atoms with E-state index in [-0.39, 0.29) is 5.78 Å². The predicted octanol–water partition coefficient (Wildman–Crippen LogP) is 4.51. The van der Waals surface area contributed by atoms with Crippen LogP contribution in [0.4, 0.5) is 0 Å². The number of rotatable bonds is 13. The predicted molar refractivity (Wildman–Crippen MR) is 73.3 cm³/mol. The van der Waals surface area contributed by atoms with Crippen molar-refractivity contribution in [1.29, 1.82) is 0 Å². The fraction of sp³-hybridized carbons (Fsp3) is 0.933. The molecule has 0 aromatic rings. The third-order valence-corrected chi connectivity index (χ3v) is 2.92. The molecular formula is C15H30O2. The summed E-state index contributed by atoms with van der Waals surface area (Å²) in [5.74, 6) is 0.268. The largest absolute Gasteiger partial charge is 0.374 e. The van der Waals surface area contributed by atoms with E-state index < -0.39 is 0 Å². The summed E-state index contributed by atoms with van der Waals surface area (Å²) in [6.07, 6.45) is 12.0. The van der Waals surface area contributed by atoms with Crippen molar-refractivity contribution >= 4 is 5.78 Å². The Morgan fingerprint density at radius 1 is 0.824 bits per heavy atom. The van der Waals surface area contributed by atoms with Gasteiger partial charge in [-0.15, -0.1) is 0 Å². The summed E-state index contributed by atoms with van der Waals surface area (Å²) in [6.45, 7) is 5.34. The van der Waals surface area contributed by atoms with Crippen LogP contribution in [0.3, 0.4) is 0 Å². The number of Topliss-reactive ketones (excluding diaryl/α,β-unsaturated/α-hetero) is 1. The van der Waals surface area contributed by atoms with Crippen molar-refractivity contribution in [1.82, 2.24) is 0 Å². The van der Waals surface area contributed by atoms with Crippen LogP contribution in [0.5, 0.6) is 0 Å². The van der Waals surface area contributed by atoms with Crippen molar-refractivity contribution in [2.24, 2.45) is 0 Å². The lowest BCUT2D eigenvalue weighted by Crippen LogP contribution is -2.08. The Hall–Kier alpha value is -0.370. The summed E-state index contributed by atoms with van der Waals surface area (Å²) >= 11 is 0. The van der Waals surface area contributed by atoms with E-state index in [4.69, 9.17) is 4.74 Å². The van der Waals surface area contributed by atoms with Crippen LogP contribution in [0.1, 0.15) is 78.1 Å². The van der Waals surface area contributed by atoms with Gasteiger partial charge in [-0.2, -0.15) is 0 Å². The minimum absolute atomic E-state index is 0.268. The molecule has 0 aromatic heterocycles. The minimum atomic E-state index is 0.268. The first-order valence-corrected chi connectivity index (χ1v) is 7.40. The highest BCUT2D eigenvalue weighted by Gasteiger charge is 2.01. The van der Waals surface area contributed by atoms with Gasteiger partial charge in [0, 0.05) is 13.0 Å². The van der Waals surface area contributed by atoms with Crippen LogP contribution < -0.4 is 0 Å². The normalized spacial score (nSPS) is 10.7. The van der Waals surface area contributed by atoms with Gasteiger partial charge in [0.25, 0.3) is 0 Å². The van der Waals surface area contributed by atoms with Crippen molar-refractivity contribution in [2.75, 3.05) is 13.2 Å². The molecule has 0 heterocycles. The highest BCUT2D eigenvalue weighted by molar-refractivity contribution is 5.79. The van der Waals surface area contributed by atoms with E-state index in [9.17, 15) is 4.79 Å². The average Bonchev–Trinajstić information content (AvgIpc) is 2.33. The molecule has 0 bridgehead atoms. The van der Waals surface area contributed by atoms with Crippen molar-refractivity contribution < 1.29 is 9.53 Å². The number of ether oxygens (including phenoxy) is 1. The number of hydrogen-bond acceptors (Lipinski definition) is 2. The van der Waals surface area contributed by atoms with Gasteiger partial charge in [-0.1, -0.05) is 58.8 Å². The van der Waals surface area contributed by atoms with Gasteiger partial charge in [0.2, 0.25) is 0 Å². The molecule has 102 valence electrons. The van der Waals surface area contributed by atoms with Gasteiger partial charge >= 0.3 is 0 Å². The van der Waals surface area contributed by atoms with E-state index in [1.54, 1.807) is 0 Å². The highest BCUT2D eigenvalue weighted by Crippen LogP contribution is 2.09. The van der Waals surface area contributed by atoms with Crippen LogP contribution in [0, 0.1) is 0 Å². The van der Waals surface area contributed by atoms with Gasteiger partial charge in [-0.25, -0.2) is 0 Å². The van der Waals surface area contributed by atoms with Gasteiger partial charge in [0.15, 0.2) is 5.78 Å². The Morgan fingerprint density at radius 2 is 1.41 bits per heavy atom. The number of hydrogen-bond donors (Lipinski definition) is 0. The fourth-order valence-electron chi connectivity index (χ4n) is 1.86. The van der Waals surface area contributed by atoms with Crippen LogP contribution in [-0.4, -0.2) is 19.0 Å². The van der Waals surface area contributed by atoms with Gasteiger partial charge < -0.3 is 4.74 Å². The first kappa shape index (κ1) is 16.6. The molecule has 0 radical (unpaired) electrons. The monoisotopic (exact) mass is 242 g/mol. The second kappa shape index (κ2) is 13.7. The van der Waals surface area contributed by atoms with Gasteiger partial charge in [-0.3, -0.25) is 4.79 Å². The average molecular weight is 242 g/mol. The molecule has 0 unspecified atom stereocenters. The van der Waals surface area contributed by atoms with E-state index in [2.05, 4.69) is 13.8 Å². The van der Waals surface area contributed by atoms with Crippen LogP contribution in [0.25, 0.3) is 0 Å². The molecule has 0 spiro atoms. The van der Waals surface area contributed by atoms with Gasteiger partial charge in [0.05, 0.1) is 0 Å². The molecule has 0 amide bonds. The second-order valence-electron chi connectivity index (χ2n) is 4.82. The number of carbonyl (C=O) groups is 1. The fourth-order valence-corrected chi connectivity index (χ4v) is 1.86. The maximum absolute atomic E-state index is 11.4. The first-order chi connectivity index (χ1) is 8.31. The molecule has 0 aromatic carbocycles. The standard InChI is InChI=1S/C15H30O2/c1-3-5-6-7-8-9-10-11-12-15(16)14-17-13-4-2/h3-14H2,1-2H3. The Bertz CT molecular complexity index is 166. The van der Waals surface area contributed by atoms with Crippen molar-refractivity contribution in [3.8, 4) is 0 Å². The van der Waals surface area contributed by atoms with E-state index >= 15 is 0 Å². The molecule has 0 rings (SSSR count). The Morgan fingerprint density at radius 3 is 2.00 bits per heavy atom. The Balaban J connectivity index is 3.08. The molecule has 0 aliphatic carbocycles. The maximum atomic E-state index is 11.4. The molecule has 0 N–H and O–H groups in total. The zero-order valence-corrected chi connectivity index (χ0v) is 11.8. The SMILES string of the molecule is CCCCCCCCCCC(=O)COCCC. The van der Waals surface area contributed by atoms with E-state index in [0.29, 0.717) is 19.6 Å². The third kappa shape index (κ3) is 13.6. The molecule has 0 atom stereocenters. The van der Waals surface area contributed by atoms with Crippen molar-refractivity contribution in [2.45, 2.75) is 78.1 Å². The molecule has 0 fully saturated rings. The third-order valence-electron chi connectivity index (χ3n) is 2.92. The van der Waals surface area contributed by atoms with Crippen molar-refractivity contribution in [3.05, 3.63) is 0 Å². The molecule has 0 aliphatic rings. The molecule has 0 saturated heterocycles. The second-order valence-corrected chi connectivity index (χ2v) is 4.82.